The van der Waals surface area contributed by atoms with Gasteiger partial charge in [-0.05, 0) is 37.7 Å². The van der Waals surface area contributed by atoms with Crippen LogP contribution in [0.1, 0.15) is 30.6 Å². The summed E-state index contributed by atoms with van der Waals surface area (Å²) >= 11 is 0. The summed E-state index contributed by atoms with van der Waals surface area (Å²) in [5, 5.41) is 2.30. The zero-order chi connectivity index (χ0) is 16.9. The van der Waals surface area contributed by atoms with E-state index in [2.05, 4.69) is 29.8 Å². The fourth-order valence-electron chi connectivity index (χ4n) is 3.06. The molecule has 0 saturated heterocycles. The number of rotatable bonds is 7. The van der Waals surface area contributed by atoms with Crippen LogP contribution in [0.5, 0.6) is 0 Å². The number of aromatic amines is 1. The molecule has 4 nitrogen and oxygen atoms in total. The Balaban J connectivity index is 0.00000225. The van der Waals surface area contributed by atoms with E-state index in [1.54, 1.807) is 0 Å². The summed E-state index contributed by atoms with van der Waals surface area (Å²) in [7, 11) is 0. The van der Waals surface area contributed by atoms with Gasteiger partial charge in [-0.15, -0.1) is 12.4 Å². The molecule has 0 radical (unpaired) electrons. The highest BCUT2D eigenvalue weighted by atomic mass is 35.5. The van der Waals surface area contributed by atoms with Gasteiger partial charge in [-0.1, -0.05) is 38.1 Å². The standard InChI is InChI=1S/C20H24N2O2.ClH/c1-3-22(4-2)12-7-13-24-20(23)15-10-11-17-16-8-5-6-9-18(16)21-19(17)14-15;/h5-6,8-11,14,21H,3-4,7,12-13H2,1-2H3;1H. The Labute approximate surface area is 154 Å². The van der Waals surface area contributed by atoms with Crippen LogP contribution >= 0.6 is 12.4 Å². The Morgan fingerprint density at radius 3 is 2.52 bits per heavy atom. The van der Waals surface area contributed by atoms with Crippen LogP contribution in [0, 0.1) is 0 Å². The first-order valence-corrected chi connectivity index (χ1v) is 8.63. The van der Waals surface area contributed by atoms with E-state index >= 15 is 0 Å². The lowest BCUT2D eigenvalue weighted by atomic mass is 10.1. The van der Waals surface area contributed by atoms with E-state index in [1.807, 2.05) is 36.4 Å². The van der Waals surface area contributed by atoms with Gasteiger partial charge in [0.2, 0.25) is 0 Å². The van der Waals surface area contributed by atoms with Crippen molar-refractivity contribution in [2.24, 2.45) is 0 Å². The van der Waals surface area contributed by atoms with Crippen LogP contribution in [0.2, 0.25) is 0 Å². The van der Waals surface area contributed by atoms with Crippen molar-refractivity contribution in [3.63, 3.8) is 0 Å². The normalized spacial score (nSPS) is 11.0. The van der Waals surface area contributed by atoms with Crippen molar-refractivity contribution >= 4 is 40.2 Å². The van der Waals surface area contributed by atoms with E-state index in [0.29, 0.717) is 12.2 Å². The van der Waals surface area contributed by atoms with Crippen LogP contribution in [-0.2, 0) is 4.74 Å². The van der Waals surface area contributed by atoms with Crippen molar-refractivity contribution in [3.8, 4) is 0 Å². The Bertz CT molecular complexity index is 840. The molecule has 0 atom stereocenters. The molecule has 0 spiro atoms. The lowest BCUT2D eigenvalue weighted by Crippen LogP contribution is -2.25. The molecule has 5 heteroatoms. The van der Waals surface area contributed by atoms with E-state index in [1.165, 1.54) is 5.39 Å². The van der Waals surface area contributed by atoms with Gasteiger partial charge in [0.05, 0.1) is 12.2 Å². The molecule has 0 aliphatic carbocycles. The number of carbonyl (C=O) groups excluding carboxylic acids is 1. The maximum atomic E-state index is 12.2. The minimum Gasteiger partial charge on any atom is -0.462 e. The predicted molar refractivity (Wildman–Crippen MR) is 106 cm³/mol. The zero-order valence-electron chi connectivity index (χ0n) is 14.7. The van der Waals surface area contributed by atoms with Crippen molar-refractivity contribution < 1.29 is 9.53 Å². The molecule has 0 aliphatic heterocycles. The van der Waals surface area contributed by atoms with E-state index in [-0.39, 0.29) is 18.4 Å². The zero-order valence-corrected chi connectivity index (χ0v) is 15.6. The quantitative estimate of drug-likeness (QED) is 0.493. The third-order valence-electron chi connectivity index (χ3n) is 4.49. The summed E-state index contributed by atoms with van der Waals surface area (Å²) in [6.45, 7) is 7.76. The number of esters is 1. The average molecular weight is 361 g/mol. The minimum absolute atomic E-state index is 0. The van der Waals surface area contributed by atoms with Gasteiger partial charge in [0.1, 0.15) is 0 Å². The lowest BCUT2D eigenvalue weighted by Gasteiger charge is -2.17. The second-order valence-corrected chi connectivity index (χ2v) is 5.95. The van der Waals surface area contributed by atoms with Crippen LogP contribution < -0.4 is 0 Å². The van der Waals surface area contributed by atoms with Gasteiger partial charge in [0.15, 0.2) is 0 Å². The summed E-state index contributed by atoms with van der Waals surface area (Å²) in [4.78, 5) is 17.9. The highest BCUT2D eigenvalue weighted by molar-refractivity contribution is 6.08. The number of nitrogens with zero attached hydrogens (tertiary/aromatic N) is 1. The molecule has 1 aromatic heterocycles. The molecule has 25 heavy (non-hydrogen) atoms. The van der Waals surface area contributed by atoms with Crippen LogP contribution in [0.15, 0.2) is 42.5 Å². The maximum Gasteiger partial charge on any atom is 0.338 e. The molecule has 0 amide bonds. The molecular formula is C20H25ClN2O2. The van der Waals surface area contributed by atoms with E-state index in [4.69, 9.17) is 4.74 Å². The van der Waals surface area contributed by atoms with E-state index in [9.17, 15) is 4.79 Å². The molecule has 0 fully saturated rings. The van der Waals surface area contributed by atoms with Crippen LogP contribution in [0.4, 0.5) is 0 Å². The number of ether oxygens (including phenoxy) is 1. The molecule has 3 rings (SSSR count). The number of hydrogen-bond donors (Lipinski definition) is 1. The van der Waals surface area contributed by atoms with Gasteiger partial charge in [-0.25, -0.2) is 4.79 Å². The van der Waals surface area contributed by atoms with Gasteiger partial charge >= 0.3 is 5.97 Å². The number of fused-ring (bicyclic) bond motifs is 3. The Hall–Kier alpha value is -2.04. The second kappa shape index (κ2) is 8.88. The highest BCUT2D eigenvalue weighted by Gasteiger charge is 2.10. The molecular weight excluding hydrogens is 336 g/mol. The first kappa shape index (κ1) is 19.3. The fourth-order valence-corrected chi connectivity index (χ4v) is 3.06. The average Bonchev–Trinajstić information content (AvgIpc) is 2.99. The number of H-pyrrole nitrogens is 1. The van der Waals surface area contributed by atoms with Crippen molar-refractivity contribution in [2.75, 3.05) is 26.2 Å². The van der Waals surface area contributed by atoms with Gasteiger partial charge in [-0.2, -0.15) is 0 Å². The topological polar surface area (TPSA) is 45.3 Å². The molecule has 2 aromatic carbocycles. The minimum atomic E-state index is -0.255. The van der Waals surface area contributed by atoms with Gasteiger partial charge in [0, 0.05) is 28.4 Å². The molecule has 3 aromatic rings. The van der Waals surface area contributed by atoms with Crippen molar-refractivity contribution in [1.29, 1.82) is 0 Å². The lowest BCUT2D eigenvalue weighted by molar-refractivity contribution is 0.0489. The second-order valence-electron chi connectivity index (χ2n) is 5.95. The summed E-state index contributed by atoms with van der Waals surface area (Å²) in [5.74, 6) is -0.255. The van der Waals surface area contributed by atoms with Crippen molar-refractivity contribution in [2.45, 2.75) is 20.3 Å². The fraction of sp³-hybridized carbons (Fsp3) is 0.350. The molecule has 1 N–H and O–H groups in total. The number of carbonyl (C=O) groups is 1. The van der Waals surface area contributed by atoms with Gasteiger partial charge in [0.25, 0.3) is 0 Å². The van der Waals surface area contributed by atoms with Crippen LogP contribution in [-0.4, -0.2) is 42.1 Å². The predicted octanol–water partition coefficient (Wildman–Crippen LogP) is 4.63. The molecule has 1 heterocycles. The Morgan fingerprint density at radius 1 is 1.04 bits per heavy atom. The SMILES string of the molecule is CCN(CC)CCCOC(=O)c1ccc2c(c1)[nH]c1ccccc12.Cl. The van der Waals surface area contributed by atoms with Crippen LogP contribution in [0.3, 0.4) is 0 Å². The molecule has 134 valence electrons. The number of benzene rings is 2. The molecule has 0 saturated carbocycles. The summed E-state index contributed by atoms with van der Waals surface area (Å²) in [6, 6.07) is 13.9. The summed E-state index contributed by atoms with van der Waals surface area (Å²) in [5.41, 5.74) is 2.64. The van der Waals surface area contributed by atoms with E-state index < -0.39 is 0 Å². The third kappa shape index (κ3) is 4.33. The smallest absolute Gasteiger partial charge is 0.338 e. The maximum absolute atomic E-state index is 12.2. The third-order valence-corrected chi connectivity index (χ3v) is 4.49. The molecule has 0 bridgehead atoms. The first-order valence-electron chi connectivity index (χ1n) is 8.63. The summed E-state index contributed by atoms with van der Waals surface area (Å²) in [6.07, 6.45) is 0.863. The Morgan fingerprint density at radius 2 is 1.76 bits per heavy atom. The van der Waals surface area contributed by atoms with Gasteiger partial charge in [-0.3, -0.25) is 0 Å². The largest absolute Gasteiger partial charge is 0.462 e. The monoisotopic (exact) mass is 360 g/mol. The van der Waals surface area contributed by atoms with Crippen molar-refractivity contribution in [1.82, 2.24) is 9.88 Å². The number of hydrogen-bond acceptors (Lipinski definition) is 3. The van der Waals surface area contributed by atoms with Gasteiger partial charge < -0.3 is 14.6 Å². The first-order chi connectivity index (χ1) is 11.7. The molecule has 0 aliphatic rings. The van der Waals surface area contributed by atoms with Crippen LogP contribution in [0.25, 0.3) is 21.8 Å². The number of halogens is 1. The number of nitrogens with one attached hydrogen (secondary N) is 1. The number of aromatic nitrogens is 1. The number of para-hydroxylation sites is 1. The Kier molecular flexibility index (Phi) is 6.85. The molecule has 0 unspecified atom stereocenters. The van der Waals surface area contributed by atoms with E-state index in [0.717, 1.165) is 42.5 Å². The highest BCUT2D eigenvalue weighted by Crippen LogP contribution is 2.26. The summed E-state index contributed by atoms with van der Waals surface area (Å²) < 4.78 is 5.41. The van der Waals surface area contributed by atoms with Crippen molar-refractivity contribution in [3.05, 3.63) is 48.0 Å².